The molecule has 2 saturated heterocycles. The van der Waals surface area contributed by atoms with Crippen molar-refractivity contribution in [2.24, 2.45) is 11.1 Å². The highest BCUT2D eigenvalue weighted by Crippen LogP contribution is 2.29. The average Bonchev–Trinajstić information content (AvgIpc) is 3.66. The molecule has 246 valence electrons. The van der Waals surface area contributed by atoms with Crippen molar-refractivity contribution in [2.75, 3.05) is 59.6 Å². The molecule has 5 rings (SSSR count). The van der Waals surface area contributed by atoms with Crippen molar-refractivity contribution in [3.05, 3.63) is 36.0 Å². The van der Waals surface area contributed by atoms with Gasteiger partial charge in [-0.25, -0.2) is 9.78 Å². The van der Waals surface area contributed by atoms with Gasteiger partial charge in [-0.05, 0) is 25.5 Å². The van der Waals surface area contributed by atoms with E-state index in [4.69, 9.17) is 19.0 Å². The number of pyridine rings is 1. The number of fused-ring (bicyclic) bond motifs is 2. The molecule has 2 N–H and O–H groups in total. The molecule has 1 aromatic heterocycles. The number of benzene rings is 1. The Balaban J connectivity index is 1.27. The van der Waals surface area contributed by atoms with Crippen molar-refractivity contribution in [1.82, 2.24) is 25.0 Å². The van der Waals surface area contributed by atoms with Crippen molar-refractivity contribution >= 4 is 46.6 Å². The fraction of sp³-hybridized carbons (Fsp3) is 0.500. The zero-order valence-electron chi connectivity index (χ0n) is 25.5. The third kappa shape index (κ3) is 7.21. The molecule has 16 heteroatoms. The van der Waals surface area contributed by atoms with Crippen LogP contribution in [0.5, 0.6) is 5.75 Å². The second-order valence-corrected chi connectivity index (χ2v) is 11.0. The summed E-state index contributed by atoms with van der Waals surface area (Å²) in [5.41, 5.74) is 0.345. The molecule has 3 aliphatic heterocycles. The summed E-state index contributed by atoms with van der Waals surface area (Å²) in [4.78, 5) is 77.7. The number of carboxylic acid groups (broad SMARTS) is 1. The summed E-state index contributed by atoms with van der Waals surface area (Å²) in [5, 5.41) is 16.4. The smallest absolute Gasteiger partial charge is 0.409 e. The molecule has 0 saturated carbocycles. The maximum Gasteiger partial charge on any atom is 0.409 e. The maximum atomic E-state index is 13.5. The minimum absolute atomic E-state index is 0.0774. The van der Waals surface area contributed by atoms with Gasteiger partial charge >= 0.3 is 12.1 Å². The van der Waals surface area contributed by atoms with Crippen molar-refractivity contribution in [1.29, 1.82) is 0 Å². The van der Waals surface area contributed by atoms with Crippen LogP contribution >= 0.6 is 0 Å². The molecule has 3 atom stereocenters. The number of ether oxygens (including phenoxy) is 3. The number of methoxy groups -OCH3 is 1. The Morgan fingerprint density at radius 3 is 2.52 bits per heavy atom. The predicted molar refractivity (Wildman–Crippen MR) is 160 cm³/mol. The van der Waals surface area contributed by atoms with E-state index >= 15 is 0 Å². The summed E-state index contributed by atoms with van der Waals surface area (Å²) in [7, 11) is 1.50. The fourth-order valence-electron chi connectivity index (χ4n) is 5.61. The molecule has 4 amide bonds. The van der Waals surface area contributed by atoms with E-state index < -0.39 is 29.9 Å². The van der Waals surface area contributed by atoms with Gasteiger partial charge < -0.3 is 44.2 Å². The number of aromatic nitrogens is 1. The first-order valence-electron chi connectivity index (χ1n) is 15.0. The number of likely N-dealkylation sites (tertiary alicyclic amines) is 1. The van der Waals surface area contributed by atoms with Crippen LogP contribution in [0.1, 0.15) is 30.3 Å². The number of rotatable bonds is 10. The van der Waals surface area contributed by atoms with Crippen LogP contribution in [0.3, 0.4) is 0 Å². The van der Waals surface area contributed by atoms with Gasteiger partial charge in [0.25, 0.3) is 11.8 Å². The Hall–Kier alpha value is -5.15. The molecule has 46 heavy (non-hydrogen) atoms. The highest BCUT2D eigenvalue weighted by atomic mass is 16.7. The Kier molecular flexibility index (Phi) is 10.0. The zero-order chi connectivity index (χ0) is 32.8. The van der Waals surface area contributed by atoms with E-state index in [2.05, 4.69) is 15.5 Å². The second kappa shape index (κ2) is 14.3. The molecule has 1 aromatic carbocycles. The largest absolute Gasteiger partial charge is 0.483 e. The van der Waals surface area contributed by atoms with E-state index in [0.717, 1.165) is 0 Å². The van der Waals surface area contributed by atoms with E-state index in [-0.39, 0.29) is 81.6 Å². The Bertz CT molecular complexity index is 1520. The number of hydrogen-bond acceptors (Lipinski definition) is 11. The lowest BCUT2D eigenvalue weighted by atomic mass is 10.1. The topological polar surface area (TPSA) is 190 Å². The van der Waals surface area contributed by atoms with Gasteiger partial charge in [-0.15, -0.1) is 0 Å². The lowest BCUT2D eigenvalue weighted by molar-refractivity contribution is -0.138. The SMILES string of the molecule is CCOC(=O)N1CCN(C(=O)[C@H](CCC(=O)O)NC(=O)c2cc(OCC(=O)N3CC4ON=C(OC)C4C3)c3ccccc3n2)CC1. The molecule has 3 aliphatic rings. The molecule has 0 bridgehead atoms. The molecule has 2 unspecified atom stereocenters. The van der Waals surface area contributed by atoms with Gasteiger partial charge in [0.1, 0.15) is 17.5 Å². The van der Waals surface area contributed by atoms with Gasteiger partial charge in [-0.2, -0.15) is 0 Å². The third-order valence-electron chi connectivity index (χ3n) is 8.05. The van der Waals surface area contributed by atoms with Crippen molar-refractivity contribution in [3.8, 4) is 5.75 Å². The molecule has 16 nitrogen and oxygen atoms in total. The van der Waals surface area contributed by atoms with Crippen molar-refractivity contribution < 1.29 is 48.1 Å². The average molecular weight is 641 g/mol. The van der Waals surface area contributed by atoms with Gasteiger partial charge in [0.2, 0.25) is 11.8 Å². The number of carboxylic acids is 1. The van der Waals surface area contributed by atoms with Crippen LogP contribution < -0.4 is 10.1 Å². The van der Waals surface area contributed by atoms with Gasteiger partial charge in [-0.1, -0.05) is 17.3 Å². The number of nitrogens with zero attached hydrogens (tertiary/aromatic N) is 5. The molecule has 0 aliphatic carbocycles. The van der Waals surface area contributed by atoms with Crippen LogP contribution in [0.25, 0.3) is 10.9 Å². The van der Waals surface area contributed by atoms with Crippen LogP contribution in [0.4, 0.5) is 4.79 Å². The number of aliphatic carboxylic acids is 1. The lowest BCUT2D eigenvalue weighted by Gasteiger charge is -2.35. The number of carbonyl (C=O) groups excluding carboxylic acids is 4. The highest BCUT2D eigenvalue weighted by molar-refractivity contribution is 5.99. The molecule has 0 radical (unpaired) electrons. The maximum absolute atomic E-state index is 13.5. The van der Waals surface area contributed by atoms with Crippen LogP contribution in [-0.4, -0.2) is 132 Å². The van der Waals surface area contributed by atoms with Crippen LogP contribution in [0.2, 0.25) is 0 Å². The third-order valence-corrected chi connectivity index (χ3v) is 8.05. The Labute approximate surface area is 264 Å². The summed E-state index contributed by atoms with van der Waals surface area (Å²) in [6.07, 6.45) is -1.27. The van der Waals surface area contributed by atoms with Crippen molar-refractivity contribution in [3.63, 3.8) is 0 Å². The second-order valence-electron chi connectivity index (χ2n) is 11.0. The van der Waals surface area contributed by atoms with E-state index in [1.54, 1.807) is 36.1 Å². The number of para-hydroxylation sites is 1. The monoisotopic (exact) mass is 640 g/mol. The van der Waals surface area contributed by atoms with Crippen molar-refractivity contribution in [2.45, 2.75) is 31.9 Å². The molecule has 2 aromatic rings. The van der Waals surface area contributed by atoms with Gasteiger partial charge in [0.05, 0.1) is 31.7 Å². The molecular weight excluding hydrogens is 604 g/mol. The first-order chi connectivity index (χ1) is 22.2. The molecular formula is C30H36N6O10. The molecule has 0 spiro atoms. The van der Waals surface area contributed by atoms with Gasteiger partial charge in [0, 0.05) is 50.6 Å². The van der Waals surface area contributed by atoms with E-state index in [9.17, 15) is 29.1 Å². The Morgan fingerprint density at radius 1 is 1.07 bits per heavy atom. The summed E-state index contributed by atoms with van der Waals surface area (Å²) in [6, 6.07) is 7.16. The predicted octanol–water partition coefficient (Wildman–Crippen LogP) is 0.695. The Morgan fingerprint density at radius 2 is 1.80 bits per heavy atom. The van der Waals surface area contributed by atoms with Crippen LogP contribution in [0.15, 0.2) is 35.5 Å². The number of piperazine rings is 1. The molecule has 2 fully saturated rings. The minimum Gasteiger partial charge on any atom is -0.483 e. The van der Waals surface area contributed by atoms with Gasteiger partial charge in [-0.3, -0.25) is 19.2 Å². The van der Waals surface area contributed by atoms with Crippen LogP contribution in [0, 0.1) is 5.92 Å². The first-order valence-corrected chi connectivity index (χ1v) is 15.0. The number of carbonyl (C=O) groups is 5. The van der Waals surface area contributed by atoms with Gasteiger partial charge in [0.15, 0.2) is 12.7 Å². The summed E-state index contributed by atoms with van der Waals surface area (Å²) in [5.74, 6) is -2.07. The zero-order valence-corrected chi connectivity index (χ0v) is 25.5. The normalized spacial score (nSPS) is 19.5. The summed E-state index contributed by atoms with van der Waals surface area (Å²) >= 11 is 0. The standard InChI is InChI=1S/C30H36N6O10/c1-3-44-30(42)35-12-10-34(11-13-35)29(41)21(8-9-26(38)39)32-27(40)22-14-23(18-6-4-5-7-20(18)31-22)45-17-25(37)36-15-19-24(16-36)46-33-28(19)43-2/h4-7,14,19,21,24H,3,8-13,15-17H2,1-2H3,(H,32,40)(H,38,39)/t19?,21-,24?/m0/s1. The summed E-state index contributed by atoms with van der Waals surface area (Å²) < 4.78 is 16.2. The number of oxime groups is 1. The quantitative estimate of drug-likeness (QED) is 0.372. The number of amides is 4. The first kappa shape index (κ1) is 32.2. The lowest BCUT2D eigenvalue weighted by Crippen LogP contribution is -2.56. The summed E-state index contributed by atoms with van der Waals surface area (Å²) in [6.45, 7) is 3.19. The number of nitrogens with one attached hydrogen (secondary N) is 1. The van der Waals surface area contributed by atoms with E-state index in [0.29, 0.717) is 29.9 Å². The fourth-order valence-corrected chi connectivity index (χ4v) is 5.61. The van der Waals surface area contributed by atoms with E-state index in [1.165, 1.54) is 23.0 Å². The van der Waals surface area contributed by atoms with E-state index in [1.807, 2.05) is 0 Å². The molecule has 4 heterocycles. The minimum atomic E-state index is -1.16. The number of hydrogen-bond donors (Lipinski definition) is 2. The van der Waals surface area contributed by atoms with Crippen LogP contribution in [-0.2, 0) is 28.7 Å². The highest BCUT2D eigenvalue weighted by Gasteiger charge is 2.45.